The largest absolute Gasteiger partial charge is 0.351 e. The molecule has 0 bridgehead atoms. The highest BCUT2D eigenvalue weighted by molar-refractivity contribution is 7.12. The van der Waals surface area contributed by atoms with Crippen molar-refractivity contribution in [1.29, 1.82) is 0 Å². The highest BCUT2D eigenvalue weighted by Gasteiger charge is 2.20. The fraction of sp³-hybridized carbons (Fsp3) is 0.0500. The van der Waals surface area contributed by atoms with E-state index in [2.05, 4.69) is 10.6 Å². The average molecular weight is 394 g/mol. The van der Waals surface area contributed by atoms with Crippen LogP contribution in [0.5, 0.6) is 0 Å². The standard InChI is InChI=1S/C20H18N4O3S/c1-24(19(26)17-10-5-11-28-17)16-9-3-2-8-15(16)18(25)22-13-6-4-7-14(12-13)23-20(21)27/h2-12H,1H3,(H,22,25)(H3,21,23,27). The molecule has 0 atom stereocenters. The lowest BCUT2D eigenvalue weighted by molar-refractivity contribution is 0.0996. The van der Waals surface area contributed by atoms with Crippen LogP contribution in [0.25, 0.3) is 0 Å². The molecule has 0 unspecified atom stereocenters. The molecule has 0 saturated carbocycles. The Morgan fingerprint density at radius 2 is 1.64 bits per heavy atom. The Balaban J connectivity index is 1.83. The van der Waals surface area contributed by atoms with Gasteiger partial charge in [0.25, 0.3) is 11.8 Å². The Hall–Kier alpha value is -3.65. The third kappa shape index (κ3) is 4.36. The van der Waals surface area contributed by atoms with Crippen LogP contribution < -0.4 is 21.3 Å². The Labute approximate surface area is 165 Å². The van der Waals surface area contributed by atoms with Crippen LogP contribution in [0, 0.1) is 0 Å². The minimum absolute atomic E-state index is 0.192. The number of hydrogen-bond acceptors (Lipinski definition) is 4. The van der Waals surface area contributed by atoms with Crippen molar-refractivity contribution in [2.24, 2.45) is 5.73 Å². The van der Waals surface area contributed by atoms with E-state index in [0.717, 1.165) is 0 Å². The lowest BCUT2D eigenvalue weighted by Crippen LogP contribution is -2.28. The third-order valence-electron chi connectivity index (χ3n) is 3.93. The predicted octanol–water partition coefficient (Wildman–Crippen LogP) is 3.77. The molecular weight excluding hydrogens is 376 g/mol. The number of amides is 4. The van der Waals surface area contributed by atoms with Crippen LogP contribution in [0.3, 0.4) is 0 Å². The summed E-state index contributed by atoms with van der Waals surface area (Å²) in [4.78, 5) is 38.5. The fourth-order valence-electron chi connectivity index (χ4n) is 2.65. The van der Waals surface area contributed by atoms with Crippen molar-refractivity contribution in [2.45, 2.75) is 0 Å². The molecule has 4 N–H and O–H groups in total. The van der Waals surface area contributed by atoms with Crippen molar-refractivity contribution in [3.8, 4) is 0 Å². The molecule has 0 aliphatic heterocycles. The summed E-state index contributed by atoms with van der Waals surface area (Å²) in [5, 5.41) is 7.05. The molecule has 7 nitrogen and oxygen atoms in total. The number of para-hydroxylation sites is 1. The van der Waals surface area contributed by atoms with Gasteiger partial charge in [-0.2, -0.15) is 0 Å². The van der Waals surface area contributed by atoms with Crippen molar-refractivity contribution >= 4 is 46.2 Å². The molecule has 0 saturated heterocycles. The van der Waals surface area contributed by atoms with E-state index in [1.807, 2.05) is 5.38 Å². The number of thiophene rings is 1. The maximum Gasteiger partial charge on any atom is 0.316 e. The highest BCUT2D eigenvalue weighted by Crippen LogP contribution is 2.24. The van der Waals surface area contributed by atoms with Crippen molar-refractivity contribution < 1.29 is 14.4 Å². The van der Waals surface area contributed by atoms with Crippen LogP contribution in [0.15, 0.2) is 66.0 Å². The zero-order valence-electron chi connectivity index (χ0n) is 15.0. The lowest BCUT2D eigenvalue weighted by atomic mass is 10.1. The van der Waals surface area contributed by atoms with Gasteiger partial charge in [-0.15, -0.1) is 11.3 Å². The fourth-order valence-corrected chi connectivity index (χ4v) is 3.35. The Morgan fingerprint density at radius 1 is 0.929 bits per heavy atom. The molecule has 2 aromatic carbocycles. The summed E-state index contributed by atoms with van der Waals surface area (Å²) in [6, 6.07) is 16.3. The second kappa shape index (κ2) is 8.36. The molecule has 28 heavy (non-hydrogen) atoms. The first kappa shape index (κ1) is 19.1. The van der Waals surface area contributed by atoms with Gasteiger partial charge in [-0.1, -0.05) is 24.3 Å². The van der Waals surface area contributed by atoms with E-state index in [9.17, 15) is 14.4 Å². The zero-order chi connectivity index (χ0) is 20.1. The van der Waals surface area contributed by atoms with Gasteiger partial charge in [0.2, 0.25) is 0 Å². The maximum absolute atomic E-state index is 12.8. The van der Waals surface area contributed by atoms with Crippen LogP contribution in [0.1, 0.15) is 20.0 Å². The van der Waals surface area contributed by atoms with E-state index < -0.39 is 6.03 Å². The Bertz CT molecular complexity index is 1020. The zero-order valence-corrected chi connectivity index (χ0v) is 15.8. The van der Waals surface area contributed by atoms with Crippen LogP contribution in [0.4, 0.5) is 21.9 Å². The van der Waals surface area contributed by atoms with Gasteiger partial charge in [0.15, 0.2) is 0 Å². The first-order valence-electron chi connectivity index (χ1n) is 8.34. The molecule has 1 heterocycles. The summed E-state index contributed by atoms with van der Waals surface area (Å²) in [5.41, 5.74) is 6.90. The van der Waals surface area contributed by atoms with Gasteiger partial charge in [-0.05, 0) is 41.8 Å². The number of rotatable bonds is 5. The van der Waals surface area contributed by atoms with E-state index in [1.165, 1.54) is 16.2 Å². The smallest absolute Gasteiger partial charge is 0.316 e. The van der Waals surface area contributed by atoms with Gasteiger partial charge in [-0.3, -0.25) is 9.59 Å². The molecule has 0 spiro atoms. The van der Waals surface area contributed by atoms with E-state index >= 15 is 0 Å². The van der Waals surface area contributed by atoms with E-state index in [1.54, 1.807) is 67.7 Å². The second-order valence-electron chi connectivity index (χ2n) is 5.88. The summed E-state index contributed by atoms with van der Waals surface area (Å²) in [7, 11) is 1.63. The van der Waals surface area contributed by atoms with Gasteiger partial charge in [0.1, 0.15) is 0 Å². The van der Waals surface area contributed by atoms with Crippen LogP contribution in [-0.2, 0) is 0 Å². The molecular formula is C20H18N4O3S. The van der Waals surface area contributed by atoms with Crippen molar-refractivity contribution in [1.82, 2.24) is 0 Å². The maximum atomic E-state index is 12.8. The number of benzene rings is 2. The number of carbonyl (C=O) groups is 3. The highest BCUT2D eigenvalue weighted by atomic mass is 32.1. The first-order valence-corrected chi connectivity index (χ1v) is 9.22. The summed E-state index contributed by atoms with van der Waals surface area (Å²) >= 11 is 1.34. The number of nitrogens with one attached hydrogen (secondary N) is 2. The summed E-state index contributed by atoms with van der Waals surface area (Å²) in [5.74, 6) is -0.569. The Kier molecular flexibility index (Phi) is 5.71. The molecule has 0 fully saturated rings. The minimum atomic E-state index is -0.692. The van der Waals surface area contributed by atoms with Crippen molar-refractivity contribution in [3.63, 3.8) is 0 Å². The normalized spacial score (nSPS) is 10.2. The number of urea groups is 1. The number of nitrogens with two attached hydrogens (primary N) is 1. The molecule has 142 valence electrons. The average Bonchev–Trinajstić information content (AvgIpc) is 3.21. The summed E-state index contributed by atoms with van der Waals surface area (Å²) in [6.07, 6.45) is 0. The van der Waals surface area contributed by atoms with Crippen LogP contribution in [-0.4, -0.2) is 24.9 Å². The van der Waals surface area contributed by atoms with Gasteiger partial charge in [0, 0.05) is 18.4 Å². The quantitative estimate of drug-likeness (QED) is 0.613. The molecule has 0 aliphatic carbocycles. The molecule has 3 aromatic rings. The number of hydrogen-bond donors (Lipinski definition) is 3. The SMILES string of the molecule is CN(C(=O)c1cccs1)c1ccccc1C(=O)Nc1cccc(NC(N)=O)c1. The van der Waals surface area contributed by atoms with Crippen molar-refractivity contribution in [3.05, 3.63) is 76.5 Å². The monoisotopic (exact) mass is 394 g/mol. The van der Waals surface area contributed by atoms with Crippen molar-refractivity contribution in [2.75, 3.05) is 22.6 Å². The summed E-state index contributed by atoms with van der Waals surface area (Å²) in [6.45, 7) is 0. The van der Waals surface area contributed by atoms with E-state index in [-0.39, 0.29) is 11.8 Å². The summed E-state index contributed by atoms with van der Waals surface area (Å²) < 4.78 is 0. The molecule has 0 aliphatic rings. The van der Waals surface area contributed by atoms with E-state index in [4.69, 9.17) is 5.73 Å². The topological polar surface area (TPSA) is 105 Å². The van der Waals surface area contributed by atoms with E-state index in [0.29, 0.717) is 27.5 Å². The number of primary amides is 1. The number of nitrogens with zero attached hydrogens (tertiary/aromatic N) is 1. The predicted molar refractivity (Wildman–Crippen MR) is 111 cm³/mol. The van der Waals surface area contributed by atoms with Gasteiger partial charge in [0.05, 0.1) is 16.1 Å². The van der Waals surface area contributed by atoms with Gasteiger partial charge >= 0.3 is 6.03 Å². The number of anilines is 3. The molecule has 8 heteroatoms. The molecule has 0 radical (unpaired) electrons. The van der Waals surface area contributed by atoms with Crippen LogP contribution in [0.2, 0.25) is 0 Å². The second-order valence-corrected chi connectivity index (χ2v) is 6.83. The Morgan fingerprint density at radius 3 is 2.32 bits per heavy atom. The molecule has 3 rings (SSSR count). The lowest BCUT2D eigenvalue weighted by Gasteiger charge is -2.20. The van der Waals surface area contributed by atoms with Crippen LogP contribution >= 0.6 is 11.3 Å². The van der Waals surface area contributed by atoms with Gasteiger partial charge < -0.3 is 21.3 Å². The minimum Gasteiger partial charge on any atom is -0.351 e. The first-order chi connectivity index (χ1) is 13.5. The molecule has 1 aromatic heterocycles. The third-order valence-corrected chi connectivity index (χ3v) is 4.79. The molecule has 4 amide bonds. The number of carbonyl (C=O) groups excluding carboxylic acids is 3. The van der Waals surface area contributed by atoms with Gasteiger partial charge in [-0.25, -0.2) is 4.79 Å².